The van der Waals surface area contributed by atoms with Crippen LogP contribution in [0.4, 0.5) is 0 Å². The largest absolute Gasteiger partial charge is 0.493 e. The lowest BCUT2D eigenvalue weighted by Crippen LogP contribution is -2.20. The van der Waals surface area contributed by atoms with Crippen molar-refractivity contribution in [3.8, 4) is 11.5 Å². The summed E-state index contributed by atoms with van der Waals surface area (Å²) >= 11 is 0. The van der Waals surface area contributed by atoms with Crippen molar-refractivity contribution in [1.29, 1.82) is 0 Å². The van der Waals surface area contributed by atoms with Crippen molar-refractivity contribution in [2.45, 2.75) is 39.2 Å². The Labute approximate surface area is 126 Å². The van der Waals surface area contributed by atoms with Gasteiger partial charge in [-0.05, 0) is 13.0 Å². The van der Waals surface area contributed by atoms with E-state index in [4.69, 9.17) is 20.2 Å². The highest BCUT2D eigenvalue weighted by molar-refractivity contribution is 5.81. The van der Waals surface area contributed by atoms with Gasteiger partial charge in [-0.2, -0.15) is 0 Å². The molecule has 0 aliphatic carbocycles. The first-order valence-electron chi connectivity index (χ1n) is 7.25. The zero-order chi connectivity index (χ0) is 15.6. The summed E-state index contributed by atoms with van der Waals surface area (Å²) in [5.74, 6) is 2.48. The number of nitrogens with two attached hydrogens (primary N) is 1. The predicted molar refractivity (Wildman–Crippen MR) is 85.2 cm³/mol. The Balaban J connectivity index is 2.68. The lowest BCUT2D eigenvalue weighted by molar-refractivity contribution is 0.355. The molecule has 116 valence electrons. The summed E-state index contributed by atoms with van der Waals surface area (Å²) in [4.78, 5) is 4.81. The molecule has 0 saturated heterocycles. The minimum absolute atomic E-state index is 0.0336. The molecule has 0 unspecified atom stereocenters. The van der Waals surface area contributed by atoms with Gasteiger partial charge in [0.25, 0.3) is 0 Å². The van der Waals surface area contributed by atoms with Gasteiger partial charge in [-0.15, -0.1) is 0 Å². The van der Waals surface area contributed by atoms with Crippen molar-refractivity contribution in [3.63, 3.8) is 0 Å². The molecule has 0 fully saturated rings. The Morgan fingerprint density at radius 2 is 1.76 bits per heavy atom. The van der Waals surface area contributed by atoms with Crippen LogP contribution in [0.3, 0.4) is 0 Å². The van der Waals surface area contributed by atoms with Gasteiger partial charge in [0.15, 0.2) is 11.5 Å². The average Bonchev–Trinajstić information content (AvgIpc) is 2.81. The molecular weight excluding hydrogens is 266 g/mol. The zero-order valence-corrected chi connectivity index (χ0v) is 13.6. The number of rotatable bonds is 5. The topological polar surface area (TPSA) is 62.3 Å². The van der Waals surface area contributed by atoms with Crippen molar-refractivity contribution < 1.29 is 9.47 Å². The normalized spacial score (nSPS) is 11.9. The Bertz CT molecular complexity index is 626. The lowest BCUT2D eigenvalue weighted by atomic mass is 9.95. The van der Waals surface area contributed by atoms with E-state index in [1.807, 2.05) is 12.1 Å². The smallest absolute Gasteiger partial charge is 0.163 e. The molecule has 21 heavy (non-hydrogen) atoms. The molecule has 5 heteroatoms. The third-order valence-corrected chi connectivity index (χ3v) is 3.51. The molecule has 0 spiro atoms. The van der Waals surface area contributed by atoms with Crippen LogP contribution in [0, 0.1) is 0 Å². The van der Waals surface area contributed by atoms with Gasteiger partial charge in [0, 0.05) is 24.1 Å². The van der Waals surface area contributed by atoms with Crippen LogP contribution < -0.4 is 15.2 Å². The first-order chi connectivity index (χ1) is 9.92. The second-order valence-electron chi connectivity index (χ2n) is 6.18. The summed E-state index contributed by atoms with van der Waals surface area (Å²) in [6.07, 6.45) is 0.920. The maximum Gasteiger partial charge on any atom is 0.163 e. The van der Waals surface area contributed by atoms with Crippen LogP contribution in [-0.4, -0.2) is 30.3 Å². The molecule has 0 atom stereocenters. The molecule has 5 nitrogen and oxygen atoms in total. The van der Waals surface area contributed by atoms with Crippen LogP contribution in [0.25, 0.3) is 11.0 Å². The summed E-state index contributed by atoms with van der Waals surface area (Å²) in [5, 5.41) is 0. The number of hydrogen-bond acceptors (Lipinski definition) is 4. The van der Waals surface area contributed by atoms with Crippen LogP contribution in [0.1, 0.15) is 33.0 Å². The second-order valence-corrected chi connectivity index (χ2v) is 6.18. The van der Waals surface area contributed by atoms with Gasteiger partial charge in [0.1, 0.15) is 5.82 Å². The van der Waals surface area contributed by atoms with Crippen molar-refractivity contribution >= 4 is 11.0 Å². The highest BCUT2D eigenvalue weighted by atomic mass is 16.5. The molecule has 1 aromatic carbocycles. The number of aromatic nitrogens is 2. The van der Waals surface area contributed by atoms with Gasteiger partial charge in [-0.25, -0.2) is 4.98 Å². The number of imidazole rings is 1. The van der Waals surface area contributed by atoms with Gasteiger partial charge in [-0.1, -0.05) is 20.8 Å². The van der Waals surface area contributed by atoms with E-state index in [0.29, 0.717) is 12.3 Å². The molecule has 1 heterocycles. The van der Waals surface area contributed by atoms with Crippen molar-refractivity contribution in [3.05, 3.63) is 18.0 Å². The highest BCUT2D eigenvalue weighted by Gasteiger charge is 2.23. The number of ether oxygens (including phenoxy) is 2. The van der Waals surface area contributed by atoms with Crippen LogP contribution in [0.2, 0.25) is 0 Å². The highest BCUT2D eigenvalue weighted by Crippen LogP contribution is 2.34. The van der Waals surface area contributed by atoms with E-state index in [-0.39, 0.29) is 5.41 Å². The second kappa shape index (κ2) is 5.93. The maximum atomic E-state index is 5.67. The van der Waals surface area contributed by atoms with Crippen LogP contribution >= 0.6 is 0 Å². The molecule has 2 rings (SSSR count). The van der Waals surface area contributed by atoms with Crippen LogP contribution in [0.5, 0.6) is 11.5 Å². The summed E-state index contributed by atoms with van der Waals surface area (Å²) in [5.41, 5.74) is 7.62. The average molecular weight is 291 g/mol. The molecule has 0 saturated carbocycles. The first kappa shape index (κ1) is 15.6. The molecule has 0 aliphatic heterocycles. The van der Waals surface area contributed by atoms with Crippen LogP contribution in [-0.2, 0) is 12.0 Å². The summed E-state index contributed by atoms with van der Waals surface area (Å²) in [7, 11) is 3.29. The van der Waals surface area contributed by atoms with E-state index < -0.39 is 0 Å². The lowest BCUT2D eigenvalue weighted by Gasteiger charge is -2.20. The predicted octanol–water partition coefficient (Wildman–Crippen LogP) is 2.70. The summed E-state index contributed by atoms with van der Waals surface area (Å²) in [6.45, 7) is 8.02. The minimum Gasteiger partial charge on any atom is -0.493 e. The molecular formula is C16H25N3O2. The number of fused-ring (bicyclic) bond motifs is 1. The van der Waals surface area contributed by atoms with Crippen molar-refractivity contribution in [2.24, 2.45) is 5.73 Å². The number of benzene rings is 1. The fourth-order valence-electron chi connectivity index (χ4n) is 2.50. The molecule has 0 radical (unpaired) electrons. The summed E-state index contributed by atoms with van der Waals surface area (Å²) in [6, 6.07) is 3.93. The maximum absolute atomic E-state index is 5.67. The van der Waals surface area contributed by atoms with Gasteiger partial charge in [-0.3, -0.25) is 0 Å². The zero-order valence-electron chi connectivity index (χ0n) is 13.6. The molecule has 0 aliphatic rings. The fraction of sp³-hybridized carbons (Fsp3) is 0.562. The number of methoxy groups -OCH3 is 2. The Kier molecular flexibility index (Phi) is 4.42. The van der Waals surface area contributed by atoms with E-state index in [9.17, 15) is 0 Å². The fourth-order valence-corrected chi connectivity index (χ4v) is 2.50. The first-order valence-corrected chi connectivity index (χ1v) is 7.25. The van der Waals surface area contributed by atoms with Crippen LogP contribution in [0.15, 0.2) is 12.1 Å². The molecule has 0 amide bonds. The molecule has 0 bridgehead atoms. The van der Waals surface area contributed by atoms with Gasteiger partial charge < -0.3 is 19.8 Å². The molecule has 2 aromatic rings. The van der Waals surface area contributed by atoms with E-state index in [1.54, 1.807) is 14.2 Å². The SMILES string of the molecule is COc1cc2nc(C(C)(C)C)n(CCCN)c2cc1OC. The van der Waals surface area contributed by atoms with E-state index in [1.165, 1.54) is 0 Å². The van der Waals surface area contributed by atoms with E-state index in [2.05, 4.69) is 25.3 Å². The Morgan fingerprint density at radius 1 is 1.14 bits per heavy atom. The van der Waals surface area contributed by atoms with Gasteiger partial charge in [0.05, 0.1) is 25.3 Å². The van der Waals surface area contributed by atoms with Crippen molar-refractivity contribution in [1.82, 2.24) is 9.55 Å². The third-order valence-electron chi connectivity index (χ3n) is 3.51. The minimum atomic E-state index is -0.0336. The van der Waals surface area contributed by atoms with Gasteiger partial charge >= 0.3 is 0 Å². The Hall–Kier alpha value is -1.75. The standard InChI is InChI=1S/C16H25N3O2/c1-16(2,3)15-18-11-9-13(20-4)14(21-5)10-12(11)19(15)8-6-7-17/h9-10H,6-8,17H2,1-5H3. The van der Waals surface area contributed by atoms with E-state index >= 15 is 0 Å². The quantitative estimate of drug-likeness (QED) is 0.920. The molecule has 1 aromatic heterocycles. The Morgan fingerprint density at radius 3 is 2.29 bits per heavy atom. The number of nitrogens with zero attached hydrogens (tertiary/aromatic N) is 2. The third kappa shape index (κ3) is 2.97. The summed E-state index contributed by atoms with van der Waals surface area (Å²) < 4.78 is 13.0. The number of aryl methyl sites for hydroxylation is 1. The molecule has 2 N–H and O–H groups in total. The van der Waals surface area contributed by atoms with Crippen molar-refractivity contribution in [2.75, 3.05) is 20.8 Å². The van der Waals surface area contributed by atoms with Gasteiger partial charge in [0.2, 0.25) is 0 Å². The monoisotopic (exact) mass is 291 g/mol. The van der Waals surface area contributed by atoms with E-state index in [0.717, 1.165) is 35.6 Å². The number of hydrogen-bond donors (Lipinski definition) is 1.